The molecule has 1 aromatic rings. The van der Waals surface area contributed by atoms with Gasteiger partial charge in [-0.25, -0.2) is 4.39 Å². The average molecular weight is 148 g/mol. The van der Waals surface area contributed by atoms with Gasteiger partial charge in [-0.2, -0.15) is 0 Å². The first kappa shape index (κ1) is 6.59. The Balaban J connectivity index is 2.60. The van der Waals surface area contributed by atoms with E-state index in [2.05, 4.69) is 6.58 Å². The summed E-state index contributed by atoms with van der Waals surface area (Å²) in [6.45, 7) is 3.87. The van der Waals surface area contributed by atoms with E-state index in [0.29, 0.717) is 0 Å². The van der Waals surface area contributed by atoms with Crippen molar-refractivity contribution < 1.29 is 4.39 Å². The van der Waals surface area contributed by atoms with E-state index >= 15 is 0 Å². The Bertz CT molecular complexity index is 313. The molecule has 0 fully saturated rings. The Kier molecular flexibility index (Phi) is 1.31. The normalized spacial score (nSPS) is 15.2. The molecule has 0 unspecified atom stereocenters. The number of rotatable bonds is 0. The van der Waals surface area contributed by atoms with E-state index in [0.717, 1.165) is 24.0 Å². The summed E-state index contributed by atoms with van der Waals surface area (Å²) in [6, 6.07) is 4.94. The molecule has 0 bridgehead atoms. The van der Waals surface area contributed by atoms with Gasteiger partial charge >= 0.3 is 0 Å². The molecule has 2 rings (SSSR count). The molecule has 11 heavy (non-hydrogen) atoms. The molecule has 0 N–H and O–H groups in total. The fourth-order valence-electron chi connectivity index (χ4n) is 1.52. The van der Waals surface area contributed by atoms with Gasteiger partial charge in [-0.3, -0.25) is 0 Å². The van der Waals surface area contributed by atoms with Gasteiger partial charge < -0.3 is 0 Å². The molecule has 0 saturated heterocycles. The average Bonchev–Trinajstić information content (AvgIpc) is 2.33. The van der Waals surface area contributed by atoms with E-state index in [-0.39, 0.29) is 5.82 Å². The van der Waals surface area contributed by atoms with Crippen LogP contribution >= 0.6 is 0 Å². The minimum Gasteiger partial charge on any atom is -0.207 e. The van der Waals surface area contributed by atoms with Gasteiger partial charge in [-0.1, -0.05) is 12.6 Å². The van der Waals surface area contributed by atoms with Crippen molar-refractivity contribution in [2.45, 2.75) is 12.8 Å². The first-order valence-electron chi connectivity index (χ1n) is 3.74. The third-order valence-corrected chi connectivity index (χ3v) is 2.15. The van der Waals surface area contributed by atoms with Crippen molar-refractivity contribution >= 4 is 5.57 Å². The van der Waals surface area contributed by atoms with Crippen LogP contribution in [-0.2, 0) is 6.42 Å². The van der Waals surface area contributed by atoms with Crippen molar-refractivity contribution in [2.24, 2.45) is 0 Å². The molecule has 0 aromatic heterocycles. The van der Waals surface area contributed by atoms with Crippen molar-refractivity contribution in [3.05, 3.63) is 41.7 Å². The van der Waals surface area contributed by atoms with Gasteiger partial charge in [-0.05, 0) is 41.7 Å². The van der Waals surface area contributed by atoms with Crippen molar-refractivity contribution in [2.75, 3.05) is 0 Å². The summed E-state index contributed by atoms with van der Waals surface area (Å²) < 4.78 is 12.7. The molecule has 0 nitrogen and oxygen atoms in total. The zero-order valence-corrected chi connectivity index (χ0v) is 6.23. The van der Waals surface area contributed by atoms with Crippen LogP contribution in [0.25, 0.3) is 5.57 Å². The molecule has 1 heteroatoms. The second-order valence-electron chi connectivity index (χ2n) is 2.91. The zero-order valence-electron chi connectivity index (χ0n) is 6.23. The number of allylic oxidation sites excluding steroid dienone is 1. The Morgan fingerprint density at radius 2 is 2.09 bits per heavy atom. The number of hydrogen-bond donors (Lipinski definition) is 0. The molecule has 1 aliphatic carbocycles. The topological polar surface area (TPSA) is 0 Å². The van der Waals surface area contributed by atoms with E-state index in [4.69, 9.17) is 0 Å². The number of benzene rings is 1. The van der Waals surface area contributed by atoms with E-state index in [1.54, 1.807) is 6.07 Å². The zero-order chi connectivity index (χ0) is 7.84. The third-order valence-electron chi connectivity index (χ3n) is 2.15. The van der Waals surface area contributed by atoms with Crippen molar-refractivity contribution in [1.29, 1.82) is 0 Å². The highest BCUT2D eigenvalue weighted by molar-refractivity contribution is 5.70. The maximum atomic E-state index is 12.7. The minimum absolute atomic E-state index is 0.160. The standard InChI is InChI=1S/C10H9F/c1-7-2-3-8-4-5-9(11)6-10(7)8/h4-6H,1-3H2. The molecule has 0 amide bonds. The fraction of sp³-hybridized carbons (Fsp3) is 0.200. The van der Waals surface area contributed by atoms with Crippen LogP contribution < -0.4 is 0 Å². The van der Waals surface area contributed by atoms with E-state index < -0.39 is 0 Å². The first-order chi connectivity index (χ1) is 5.27. The van der Waals surface area contributed by atoms with Gasteiger partial charge in [0.05, 0.1) is 0 Å². The molecule has 1 aromatic carbocycles. The third kappa shape index (κ3) is 0.967. The summed E-state index contributed by atoms with van der Waals surface area (Å²) in [4.78, 5) is 0. The molecule has 0 radical (unpaired) electrons. The predicted molar refractivity (Wildman–Crippen MR) is 43.8 cm³/mol. The van der Waals surface area contributed by atoms with Crippen LogP contribution in [-0.4, -0.2) is 0 Å². The largest absolute Gasteiger partial charge is 0.207 e. The lowest BCUT2D eigenvalue weighted by molar-refractivity contribution is 0.627. The van der Waals surface area contributed by atoms with Gasteiger partial charge in [0.15, 0.2) is 0 Å². The van der Waals surface area contributed by atoms with E-state index in [9.17, 15) is 4.39 Å². The summed E-state index contributed by atoms with van der Waals surface area (Å²) in [6.07, 6.45) is 2.01. The molecular formula is C10H9F. The minimum atomic E-state index is -0.160. The van der Waals surface area contributed by atoms with E-state index in [1.807, 2.05) is 6.07 Å². The summed E-state index contributed by atoms with van der Waals surface area (Å²) in [7, 11) is 0. The molecule has 0 saturated carbocycles. The maximum absolute atomic E-state index is 12.7. The van der Waals surface area contributed by atoms with Crippen LogP contribution in [0, 0.1) is 5.82 Å². The maximum Gasteiger partial charge on any atom is 0.123 e. The Morgan fingerprint density at radius 3 is 2.91 bits per heavy atom. The molecule has 0 heterocycles. The van der Waals surface area contributed by atoms with Crippen molar-refractivity contribution in [1.82, 2.24) is 0 Å². The monoisotopic (exact) mass is 148 g/mol. The van der Waals surface area contributed by atoms with Crippen LogP contribution in [0.3, 0.4) is 0 Å². The van der Waals surface area contributed by atoms with Crippen molar-refractivity contribution in [3.63, 3.8) is 0 Å². The predicted octanol–water partition coefficient (Wildman–Crippen LogP) is 2.79. The number of aryl methyl sites for hydroxylation is 1. The second-order valence-corrected chi connectivity index (χ2v) is 2.91. The quantitative estimate of drug-likeness (QED) is 0.530. The lowest BCUT2D eigenvalue weighted by atomic mass is 10.1. The molecule has 56 valence electrons. The van der Waals surface area contributed by atoms with Gasteiger partial charge in [0.2, 0.25) is 0 Å². The Hall–Kier alpha value is -1.11. The van der Waals surface area contributed by atoms with Crippen LogP contribution in [0.4, 0.5) is 4.39 Å². The highest BCUT2D eigenvalue weighted by Gasteiger charge is 2.13. The lowest BCUT2D eigenvalue weighted by Gasteiger charge is -1.97. The summed E-state index contributed by atoms with van der Waals surface area (Å²) in [5, 5.41) is 0. The summed E-state index contributed by atoms with van der Waals surface area (Å²) in [5.74, 6) is -0.160. The van der Waals surface area contributed by atoms with E-state index in [1.165, 1.54) is 11.6 Å². The second kappa shape index (κ2) is 2.19. The van der Waals surface area contributed by atoms with Crippen LogP contribution in [0.15, 0.2) is 24.8 Å². The molecule has 0 spiro atoms. The SMILES string of the molecule is C=C1CCc2ccc(F)cc21. The van der Waals surface area contributed by atoms with Crippen molar-refractivity contribution in [3.8, 4) is 0 Å². The lowest BCUT2D eigenvalue weighted by Crippen LogP contribution is -1.81. The van der Waals surface area contributed by atoms with Crippen LogP contribution in [0.2, 0.25) is 0 Å². The molecule has 0 atom stereocenters. The first-order valence-corrected chi connectivity index (χ1v) is 3.74. The Morgan fingerprint density at radius 1 is 1.27 bits per heavy atom. The van der Waals surface area contributed by atoms with Gasteiger partial charge in [-0.15, -0.1) is 0 Å². The van der Waals surface area contributed by atoms with Gasteiger partial charge in [0, 0.05) is 0 Å². The molecule has 0 aliphatic heterocycles. The molecular weight excluding hydrogens is 139 g/mol. The smallest absolute Gasteiger partial charge is 0.123 e. The van der Waals surface area contributed by atoms with Crippen LogP contribution in [0.1, 0.15) is 17.5 Å². The highest BCUT2D eigenvalue weighted by Crippen LogP contribution is 2.30. The molecule has 1 aliphatic rings. The summed E-state index contributed by atoms with van der Waals surface area (Å²) >= 11 is 0. The highest BCUT2D eigenvalue weighted by atomic mass is 19.1. The fourth-order valence-corrected chi connectivity index (χ4v) is 1.52. The number of hydrogen-bond acceptors (Lipinski definition) is 0. The number of fused-ring (bicyclic) bond motifs is 1. The van der Waals surface area contributed by atoms with Crippen LogP contribution in [0.5, 0.6) is 0 Å². The summed E-state index contributed by atoms with van der Waals surface area (Å²) in [5.41, 5.74) is 3.32. The van der Waals surface area contributed by atoms with Gasteiger partial charge in [0.25, 0.3) is 0 Å². The van der Waals surface area contributed by atoms with Gasteiger partial charge in [0.1, 0.15) is 5.82 Å². The Labute approximate surface area is 65.4 Å². The number of halogens is 1.